The number of thiophene rings is 1. The molecule has 134 valence electrons. The highest BCUT2D eigenvalue weighted by Crippen LogP contribution is 2.23. The zero-order chi connectivity index (χ0) is 18.5. The summed E-state index contributed by atoms with van der Waals surface area (Å²) in [6.45, 7) is 6.35. The molecule has 26 heavy (non-hydrogen) atoms. The Hall–Kier alpha value is -2.73. The van der Waals surface area contributed by atoms with Crippen LogP contribution >= 0.6 is 11.3 Å². The number of rotatable bonds is 6. The molecule has 2 heterocycles. The van der Waals surface area contributed by atoms with Crippen LogP contribution in [-0.4, -0.2) is 22.3 Å². The smallest absolute Gasteiger partial charge is 0.272 e. The number of nitrogens with one attached hydrogen (secondary N) is 2. The van der Waals surface area contributed by atoms with Gasteiger partial charge in [0.1, 0.15) is 0 Å². The van der Waals surface area contributed by atoms with Crippen LogP contribution in [0.1, 0.15) is 53.1 Å². The van der Waals surface area contributed by atoms with Gasteiger partial charge in [-0.15, -0.1) is 11.3 Å². The maximum absolute atomic E-state index is 12.2. The van der Waals surface area contributed by atoms with E-state index in [2.05, 4.69) is 65.8 Å². The third kappa shape index (κ3) is 4.08. The van der Waals surface area contributed by atoms with Gasteiger partial charge in [0.05, 0.1) is 23.7 Å². The second kappa shape index (κ2) is 8.10. The molecule has 0 radical (unpaired) electrons. The maximum Gasteiger partial charge on any atom is 0.272 e. The first kappa shape index (κ1) is 18.1. The lowest BCUT2D eigenvalue weighted by atomic mass is 10.1. The second-order valence-electron chi connectivity index (χ2n) is 6.34. The Morgan fingerprint density at radius 1 is 1.35 bits per heavy atom. The van der Waals surface area contributed by atoms with Gasteiger partial charge in [-0.05, 0) is 24.0 Å². The van der Waals surface area contributed by atoms with Crippen molar-refractivity contribution in [3.05, 3.63) is 63.5 Å². The zero-order valence-corrected chi connectivity index (χ0v) is 15.9. The number of hydrazone groups is 1. The van der Waals surface area contributed by atoms with Crippen LogP contribution in [0, 0.1) is 0 Å². The number of amides is 1. The Kier molecular flexibility index (Phi) is 5.63. The average molecular weight is 366 g/mol. The van der Waals surface area contributed by atoms with Gasteiger partial charge in [0, 0.05) is 21.4 Å². The first-order valence-corrected chi connectivity index (χ1v) is 9.51. The number of benzene rings is 1. The van der Waals surface area contributed by atoms with Crippen molar-refractivity contribution < 1.29 is 4.79 Å². The summed E-state index contributed by atoms with van der Waals surface area (Å²) in [5.41, 5.74) is 7.24. The Bertz CT molecular complexity index is 906. The molecule has 0 spiro atoms. The number of hydrogen-bond donors (Lipinski definition) is 2. The van der Waals surface area contributed by atoms with Crippen LogP contribution in [0.4, 0.5) is 0 Å². The number of aromatic nitrogens is 2. The highest BCUT2D eigenvalue weighted by atomic mass is 32.1. The SMILES string of the molecule is CCc1ccc(-c2[nH]ncc2C=NNC(=O)c2csc(C(C)C)c2)cc1. The number of nitrogens with zero attached hydrogens (tertiary/aromatic N) is 2. The molecule has 0 aliphatic heterocycles. The van der Waals surface area contributed by atoms with Crippen LogP contribution in [0.15, 0.2) is 47.0 Å². The topological polar surface area (TPSA) is 70.1 Å². The lowest BCUT2D eigenvalue weighted by Gasteiger charge is -2.02. The van der Waals surface area contributed by atoms with Gasteiger partial charge in [-0.3, -0.25) is 9.89 Å². The van der Waals surface area contributed by atoms with E-state index >= 15 is 0 Å². The van der Waals surface area contributed by atoms with E-state index in [0.717, 1.165) is 23.2 Å². The fourth-order valence-corrected chi connectivity index (χ4v) is 3.44. The first-order chi connectivity index (χ1) is 12.6. The molecule has 0 atom stereocenters. The van der Waals surface area contributed by atoms with Gasteiger partial charge in [-0.25, -0.2) is 5.43 Å². The summed E-state index contributed by atoms with van der Waals surface area (Å²) in [5, 5.41) is 13.0. The molecule has 6 heteroatoms. The van der Waals surface area contributed by atoms with E-state index in [-0.39, 0.29) is 5.91 Å². The number of carbonyl (C=O) groups excluding carboxylic acids is 1. The quantitative estimate of drug-likeness (QED) is 0.495. The molecule has 1 amide bonds. The van der Waals surface area contributed by atoms with E-state index in [9.17, 15) is 4.79 Å². The Morgan fingerprint density at radius 2 is 2.12 bits per heavy atom. The summed E-state index contributed by atoms with van der Waals surface area (Å²) in [4.78, 5) is 13.4. The van der Waals surface area contributed by atoms with Crippen molar-refractivity contribution in [1.82, 2.24) is 15.6 Å². The van der Waals surface area contributed by atoms with E-state index in [1.807, 2.05) is 11.4 Å². The number of H-pyrrole nitrogens is 1. The maximum atomic E-state index is 12.2. The molecule has 0 saturated carbocycles. The van der Waals surface area contributed by atoms with Gasteiger partial charge in [0.15, 0.2) is 0 Å². The summed E-state index contributed by atoms with van der Waals surface area (Å²) in [7, 11) is 0. The summed E-state index contributed by atoms with van der Waals surface area (Å²) < 4.78 is 0. The number of aryl methyl sites for hydroxylation is 1. The number of hydrogen-bond acceptors (Lipinski definition) is 4. The molecule has 3 aromatic rings. The van der Waals surface area contributed by atoms with Crippen molar-refractivity contribution >= 4 is 23.5 Å². The molecule has 0 saturated heterocycles. The van der Waals surface area contributed by atoms with E-state index in [0.29, 0.717) is 11.5 Å². The fraction of sp³-hybridized carbons (Fsp3) is 0.250. The van der Waals surface area contributed by atoms with Crippen LogP contribution in [0.3, 0.4) is 0 Å². The lowest BCUT2D eigenvalue weighted by molar-refractivity contribution is 0.0955. The Balaban J connectivity index is 1.69. The number of aromatic amines is 1. The van der Waals surface area contributed by atoms with Gasteiger partial charge in [-0.2, -0.15) is 10.2 Å². The predicted octanol–water partition coefficient (Wildman–Crippen LogP) is 4.59. The van der Waals surface area contributed by atoms with E-state index in [1.54, 1.807) is 23.7 Å². The van der Waals surface area contributed by atoms with Crippen molar-refractivity contribution in [3.8, 4) is 11.3 Å². The fourth-order valence-electron chi connectivity index (χ4n) is 2.53. The molecule has 2 N–H and O–H groups in total. The molecule has 0 fully saturated rings. The monoisotopic (exact) mass is 366 g/mol. The molecule has 0 aliphatic carbocycles. The summed E-state index contributed by atoms with van der Waals surface area (Å²) in [6, 6.07) is 10.2. The molecule has 0 aliphatic rings. The zero-order valence-electron chi connectivity index (χ0n) is 15.1. The molecule has 2 aromatic heterocycles. The predicted molar refractivity (Wildman–Crippen MR) is 107 cm³/mol. The van der Waals surface area contributed by atoms with Gasteiger partial charge < -0.3 is 0 Å². The van der Waals surface area contributed by atoms with Crippen LogP contribution in [0.25, 0.3) is 11.3 Å². The molecule has 3 rings (SSSR count). The highest BCUT2D eigenvalue weighted by Gasteiger charge is 2.10. The minimum Gasteiger partial charge on any atom is -0.277 e. The van der Waals surface area contributed by atoms with Gasteiger partial charge in [-0.1, -0.05) is 45.0 Å². The molecule has 0 bridgehead atoms. The molecule has 1 aromatic carbocycles. The summed E-state index contributed by atoms with van der Waals surface area (Å²) in [5.74, 6) is 0.208. The Labute approximate surface area is 157 Å². The van der Waals surface area contributed by atoms with Gasteiger partial charge in [0.25, 0.3) is 5.91 Å². The van der Waals surface area contributed by atoms with Crippen molar-refractivity contribution in [3.63, 3.8) is 0 Å². The summed E-state index contributed by atoms with van der Waals surface area (Å²) >= 11 is 1.59. The third-order valence-corrected chi connectivity index (χ3v) is 5.37. The third-order valence-electron chi connectivity index (χ3n) is 4.14. The lowest BCUT2D eigenvalue weighted by Crippen LogP contribution is -2.16. The second-order valence-corrected chi connectivity index (χ2v) is 7.29. The van der Waals surface area contributed by atoms with Crippen LogP contribution in [0.2, 0.25) is 0 Å². The molecule has 5 nitrogen and oxygen atoms in total. The molecular formula is C20H22N4OS. The van der Waals surface area contributed by atoms with E-state index in [1.165, 1.54) is 10.4 Å². The normalized spacial score (nSPS) is 11.4. The van der Waals surface area contributed by atoms with Crippen LogP contribution in [-0.2, 0) is 6.42 Å². The molecular weight excluding hydrogens is 344 g/mol. The Morgan fingerprint density at radius 3 is 2.77 bits per heavy atom. The molecule has 0 unspecified atom stereocenters. The first-order valence-electron chi connectivity index (χ1n) is 8.63. The average Bonchev–Trinajstić information content (AvgIpc) is 3.31. The van der Waals surface area contributed by atoms with Crippen molar-refractivity contribution in [2.45, 2.75) is 33.1 Å². The highest BCUT2D eigenvalue weighted by molar-refractivity contribution is 7.10. The van der Waals surface area contributed by atoms with Crippen LogP contribution in [0.5, 0.6) is 0 Å². The van der Waals surface area contributed by atoms with Gasteiger partial charge in [0.2, 0.25) is 0 Å². The minimum atomic E-state index is -0.207. The van der Waals surface area contributed by atoms with Gasteiger partial charge >= 0.3 is 0 Å². The van der Waals surface area contributed by atoms with Crippen molar-refractivity contribution in [2.24, 2.45) is 5.10 Å². The van der Waals surface area contributed by atoms with Crippen LogP contribution < -0.4 is 5.43 Å². The van der Waals surface area contributed by atoms with E-state index in [4.69, 9.17) is 0 Å². The standard InChI is InChI=1S/C20H22N4OS/c1-4-14-5-7-15(8-6-14)19-17(10-21-23-19)11-22-24-20(25)16-9-18(13(2)3)26-12-16/h5-13H,4H2,1-3H3,(H,21,23)(H,24,25). The van der Waals surface area contributed by atoms with Crippen molar-refractivity contribution in [2.75, 3.05) is 0 Å². The minimum absolute atomic E-state index is 0.207. The van der Waals surface area contributed by atoms with Crippen molar-refractivity contribution in [1.29, 1.82) is 0 Å². The summed E-state index contributed by atoms with van der Waals surface area (Å²) in [6.07, 6.45) is 4.31. The largest absolute Gasteiger partial charge is 0.277 e. The number of carbonyl (C=O) groups is 1. The van der Waals surface area contributed by atoms with E-state index < -0.39 is 0 Å².